The second-order valence-corrected chi connectivity index (χ2v) is 19.3. The number of rotatable bonds is 16. The Morgan fingerprint density at radius 1 is 0.789 bits per heavy atom. The van der Waals surface area contributed by atoms with E-state index in [9.17, 15) is 13.2 Å². The van der Waals surface area contributed by atoms with Gasteiger partial charge < -0.3 is 24.3 Å². The standard InChI is InChI=1S/C39H45IN6O9S2/c1-26(22-41-38(47)55-39(2,3)4)56(48,49)34-21-20-33(40)35(37-42-44-46(43-37)25-29-12-18-32(54-7)19-13-29)36(34)57(50,51)45(23-27-8-14-30(52-5)15-9-27)24-28-10-16-31(53-6)17-11-28/h8-21,26H,22-25H2,1-7H3,(H,41,47). The molecule has 18 heteroatoms. The van der Waals surface area contributed by atoms with Crippen LogP contribution in [0.2, 0.25) is 0 Å². The number of nitrogens with zero attached hydrogens (tertiary/aromatic N) is 5. The van der Waals surface area contributed by atoms with Crippen molar-refractivity contribution in [3.63, 3.8) is 0 Å². The van der Waals surface area contributed by atoms with Gasteiger partial charge in [0.25, 0.3) is 0 Å². The van der Waals surface area contributed by atoms with Gasteiger partial charge in [-0.3, -0.25) is 0 Å². The van der Waals surface area contributed by atoms with Crippen LogP contribution in [0, 0.1) is 3.57 Å². The number of methoxy groups -OCH3 is 3. The van der Waals surface area contributed by atoms with Crippen LogP contribution in [0.4, 0.5) is 4.79 Å². The average Bonchev–Trinajstić information content (AvgIpc) is 3.64. The van der Waals surface area contributed by atoms with E-state index in [2.05, 4.69) is 20.7 Å². The van der Waals surface area contributed by atoms with Gasteiger partial charge in [0.05, 0.1) is 43.6 Å². The summed E-state index contributed by atoms with van der Waals surface area (Å²) in [5, 5.41) is 14.2. The lowest BCUT2D eigenvalue weighted by Crippen LogP contribution is -2.39. The highest BCUT2D eigenvalue weighted by Crippen LogP contribution is 2.39. The number of alkyl carbamates (subject to hydrolysis) is 1. The number of ether oxygens (including phenoxy) is 4. The predicted molar refractivity (Wildman–Crippen MR) is 221 cm³/mol. The highest BCUT2D eigenvalue weighted by molar-refractivity contribution is 14.1. The fourth-order valence-corrected chi connectivity index (χ4v) is 10.2. The first-order chi connectivity index (χ1) is 26.9. The van der Waals surface area contributed by atoms with E-state index >= 15 is 8.42 Å². The van der Waals surface area contributed by atoms with Crippen LogP contribution in [0.25, 0.3) is 11.4 Å². The van der Waals surface area contributed by atoms with Gasteiger partial charge in [-0.15, -0.1) is 10.2 Å². The number of aromatic nitrogens is 4. The molecule has 4 aromatic carbocycles. The van der Waals surface area contributed by atoms with Crippen LogP contribution in [0.15, 0.2) is 94.7 Å². The summed E-state index contributed by atoms with van der Waals surface area (Å²) in [5.74, 6) is 1.72. The number of amides is 1. The molecule has 0 aliphatic heterocycles. The minimum absolute atomic E-state index is 0.0422. The van der Waals surface area contributed by atoms with E-state index < -0.39 is 46.6 Å². The van der Waals surface area contributed by atoms with Gasteiger partial charge in [0.1, 0.15) is 27.7 Å². The summed E-state index contributed by atoms with van der Waals surface area (Å²) in [6.45, 7) is 5.96. The average molecular weight is 933 g/mol. The fourth-order valence-electron chi connectivity index (χ4n) is 5.62. The Morgan fingerprint density at radius 2 is 1.28 bits per heavy atom. The van der Waals surface area contributed by atoms with E-state index in [1.54, 1.807) is 88.5 Å². The van der Waals surface area contributed by atoms with E-state index in [1.807, 2.05) is 34.7 Å². The molecule has 0 saturated heterocycles. The van der Waals surface area contributed by atoms with Gasteiger partial charge in [0.15, 0.2) is 9.84 Å². The highest BCUT2D eigenvalue weighted by Gasteiger charge is 2.39. The number of carbonyl (C=O) groups excluding carboxylic acids is 1. The van der Waals surface area contributed by atoms with Crippen molar-refractivity contribution in [2.75, 3.05) is 27.9 Å². The summed E-state index contributed by atoms with van der Waals surface area (Å²) in [5.41, 5.74) is 1.17. The summed E-state index contributed by atoms with van der Waals surface area (Å²) >= 11 is 1.95. The topological polar surface area (TPSA) is 181 Å². The first-order valence-electron chi connectivity index (χ1n) is 17.7. The molecule has 57 heavy (non-hydrogen) atoms. The Kier molecular flexibility index (Phi) is 13.8. The second-order valence-electron chi connectivity index (χ2n) is 13.9. The van der Waals surface area contributed by atoms with Gasteiger partial charge in [-0.05, 0) is 121 Å². The smallest absolute Gasteiger partial charge is 0.407 e. The largest absolute Gasteiger partial charge is 0.497 e. The first-order valence-corrected chi connectivity index (χ1v) is 21.7. The number of sulfone groups is 1. The highest BCUT2D eigenvalue weighted by atomic mass is 127. The van der Waals surface area contributed by atoms with Crippen LogP contribution < -0.4 is 19.5 Å². The molecule has 304 valence electrons. The molecule has 1 N–H and O–H groups in total. The summed E-state index contributed by atoms with van der Waals surface area (Å²) in [6.07, 6.45) is -0.816. The van der Waals surface area contributed by atoms with Crippen LogP contribution >= 0.6 is 22.6 Å². The van der Waals surface area contributed by atoms with Crippen molar-refractivity contribution in [3.8, 4) is 28.6 Å². The number of hydrogen-bond acceptors (Lipinski definition) is 12. The van der Waals surface area contributed by atoms with Crippen molar-refractivity contribution < 1.29 is 40.6 Å². The van der Waals surface area contributed by atoms with Crippen molar-refractivity contribution in [2.24, 2.45) is 0 Å². The fraction of sp³-hybridized carbons (Fsp3) is 0.333. The van der Waals surface area contributed by atoms with Crippen LogP contribution in [0.3, 0.4) is 0 Å². The molecule has 1 amide bonds. The second kappa shape index (κ2) is 18.2. The van der Waals surface area contributed by atoms with E-state index in [1.165, 1.54) is 42.4 Å². The molecule has 5 aromatic rings. The maximum absolute atomic E-state index is 15.4. The van der Waals surface area contributed by atoms with E-state index in [0.717, 1.165) is 5.56 Å². The van der Waals surface area contributed by atoms with Crippen LogP contribution in [0.1, 0.15) is 44.4 Å². The molecule has 0 aliphatic carbocycles. The third-order valence-corrected chi connectivity index (χ3v) is 13.7. The molecule has 1 unspecified atom stereocenters. The van der Waals surface area contributed by atoms with Crippen molar-refractivity contribution in [1.82, 2.24) is 29.8 Å². The molecule has 0 fully saturated rings. The van der Waals surface area contributed by atoms with Crippen LogP contribution in [-0.4, -0.2) is 86.2 Å². The maximum atomic E-state index is 15.4. The summed E-state index contributed by atoms with van der Waals surface area (Å²) in [7, 11) is -4.62. The molecule has 0 spiro atoms. The predicted octanol–water partition coefficient (Wildman–Crippen LogP) is 6.10. The lowest BCUT2D eigenvalue weighted by Gasteiger charge is -2.26. The Morgan fingerprint density at radius 3 is 1.75 bits per heavy atom. The Bertz CT molecular complexity index is 2340. The number of carbonyl (C=O) groups is 1. The van der Waals surface area contributed by atoms with Gasteiger partial charge >= 0.3 is 6.09 Å². The van der Waals surface area contributed by atoms with Gasteiger partial charge in [-0.25, -0.2) is 21.6 Å². The molecule has 0 aliphatic rings. The molecule has 15 nitrogen and oxygen atoms in total. The third-order valence-electron chi connectivity index (χ3n) is 8.63. The molecule has 0 radical (unpaired) electrons. The van der Waals surface area contributed by atoms with Gasteiger partial charge in [0, 0.05) is 23.2 Å². The number of tetrazole rings is 1. The van der Waals surface area contributed by atoms with Gasteiger partial charge in [-0.1, -0.05) is 36.4 Å². The number of hydrogen-bond donors (Lipinski definition) is 1. The molecule has 0 saturated carbocycles. The van der Waals surface area contributed by atoms with Crippen molar-refractivity contribution in [2.45, 2.75) is 68.0 Å². The van der Waals surface area contributed by atoms with Gasteiger partial charge in [0.2, 0.25) is 15.8 Å². The summed E-state index contributed by atoms with van der Waals surface area (Å²) in [6, 6.07) is 23.8. The van der Waals surface area contributed by atoms with E-state index in [0.29, 0.717) is 31.9 Å². The molecular formula is C39H45IN6O9S2. The number of benzene rings is 4. The Balaban J connectivity index is 1.67. The van der Waals surface area contributed by atoms with Crippen molar-refractivity contribution in [1.29, 1.82) is 0 Å². The van der Waals surface area contributed by atoms with Crippen molar-refractivity contribution in [3.05, 3.63) is 105 Å². The lowest BCUT2D eigenvalue weighted by atomic mass is 10.2. The van der Waals surface area contributed by atoms with E-state index in [4.69, 9.17) is 18.9 Å². The SMILES string of the molecule is COc1ccc(CN(Cc2ccc(OC)cc2)S(=O)(=O)c2c(S(=O)(=O)C(C)CNC(=O)OC(C)(C)C)ccc(I)c2-c2nnn(Cc3ccc(OC)cc3)n2)cc1. The number of nitrogens with one attached hydrogen (secondary N) is 1. The molecule has 5 rings (SSSR count). The molecule has 1 atom stereocenters. The zero-order chi connectivity index (χ0) is 41.5. The molecule has 1 heterocycles. The van der Waals surface area contributed by atoms with Crippen molar-refractivity contribution >= 4 is 48.5 Å². The molecule has 1 aromatic heterocycles. The Labute approximate surface area is 346 Å². The zero-order valence-electron chi connectivity index (χ0n) is 32.6. The monoisotopic (exact) mass is 932 g/mol. The normalized spacial score (nSPS) is 12.6. The third kappa shape index (κ3) is 10.8. The summed E-state index contributed by atoms with van der Waals surface area (Å²) in [4.78, 5) is 12.8. The van der Waals surface area contributed by atoms with Crippen LogP contribution in [0.5, 0.6) is 17.2 Å². The molecular weight excluding hydrogens is 887 g/mol. The first kappa shape index (κ1) is 43.3. The number of halogens is 1. The zero-order valence-corrected chi connectivity index (χ0v) is 36.4. The van der Waals surface area contributed by atoms with Crippen LogP contribution in [-0.2, 0) is 44.2 Å². The number of sulfonamides is 1. The lowest BCUT2D eigenvalue weighted by molar-refractivity contribution is 0.0528. The van der Waals surface area contributed by atoms with Gasteiger partial charge in [-0.2, -0.15) is 9.10 Å². The quantitative estimate of drug-likeness (QED) is 0.113. The maximum Gasteiger partial charge on any atom is 0.407 e. The minimum Gasteiger partial charge on any atom is -0.497 e. The summed E-state index contributed by atoms with van der Waals surface area (Å²) < 4.78 is 82.8. The minimum atomic E-state index is -4.75. The molecule has 0 bridgehead atoms. The Hall–Kier alpha value is -4.79. The van der Waals surface area contributed by atoms with E-state index in [-0.39, 0.29) is 37.6 Å².